The maximum atomic E-state index is 12.1. The van der Waals surface area contributed by atoms with Gasteiger partial charge in [-0.15, -0.1) is 11.8 Å². The lowest BCUT2D eigenvalue weighted by molar-refractivity contribution is 0.0468. The van der Waals surface area contributed by atoms with Crippen molar-refractivity contribution in [1.82, 2.24) is 10.2 Å². The van der Waals surface area contributed by atoms with Gasteiger partial charge < -0.3 is 4.74 Å². The molecule has 106 valence electrons. The summed E-state index contributed by atoms with van der Waals surface area (Å²) in [5.74, 6) is -0.415. The minimum atomic E-state index is -0.415. The third-order valence-corrected chi connectivity index (χ3v) is 3.94. The van der Waals surface area contributed by atoms with Crippen molar-refractivity contribution in [2.45, 2.75) is 11.5 Å². The van der Waals surface area contributed by atoms with Crippen molar-refractivity contribution in [3.63, 3.8) is 0 Å². The summed E-state index contributed by atoms with van der Waals surface area (Å²) in [7, 11) is 0. The Labute approximate surface area is 126 Å². The number of ether oxygens (including phenoxy) is 1. The van der Waals surface area contributed by atoms with Gasteiger partial charge in [0.25, 0.3) is 0 Å². The highest BCUT2D eigenvalue weighted by atomic mass is 32.2. The van der Waals surface area contributed by atoms with E-state index in [-0.39, 0.29) is 6.61 Å². The number of carbonyl (C=O) groups excluding carboxylic acids is 1. The maximum Gasteiger partial charge on any atom is 0.359 e. The van der Waals surface area contributed by atoms with Crippen LogP contribution in [0.25, 0.3) is 10.9 Å². The van der Waals surface area contributed by atoms with Gasteiger partial charge in [-0.05, 0) is 30.0 Å². The van der Waals surface area contributed by atoms with Crippen LogP contribution in [0.2, 0.25) is 0 Å². The van der Waals surface area contributed by atoms with E-state index in [1.807, 2.05) is 54.8 Å². The number of thioether (sulfide) groups is 1. The van der Waals surface area contributed by atoms with E-state index in [1.54, 1.807) is 11.8 Å². The summed E-state index contributed by atoms with van der Waals surface area (Å²) in [4.78, 5) is 13.3. The second-order valence-corrected chi connectivity index (χ2v) is 5.42. The molecule has 0 radical (unpaired) electrons. The number of nitrogens with zero attached hydrogens (tertiary/aromatic N) is 1. The quantitative estimate of drug-likeness (QED) is 0.590. The van der Waals surface area contributed by atoms with Crippen molar-refractivity contribution in [3.8, 4) is 0 Å². The van der Waals surface area contributed by atoms with Crippen LogP contribution in [0.1, 0.15) is 16.1 Å². The van der Waals surface area contributed by atoms with Gasteiger partial charge in [-0.3, -0.25) is 5.10 Å². The SMILES string of the molecule is CSc1ccc(COC(=O)c2n[nH]c3ccccc23)cc1. The molecule has 0 bridgehead atoms. The fourth-order valence-corrected chi connectivity index (χ4v) is 2.47. The number of aromatic nitrogens is 2. The second kappa shape index (κ2) is 6.01. The van der Waals surface area contributed by atoms with Crippen LogP contribution < -0.4 is 0 Å². The number of rotatable bonds is 4. The Hall–Kier alpha value is -2.27. The zero-order chi connectivity index (χ0) is 14.7. The molecule has 0 aliphatic heterocycles. The van der Waals surface area contributed by atoms with Crippen LogP contribution in [-0.4, -0.2) is 22.4 Å². The Morgan fingerprint density at radius 1 is 1.19 bits per heavy atom. The summed E-state index contributed by atoms with van der Waals surface area (Å²) in [6.45, 7) is 0.245. The van der Waals surface area contributed by atoms with E-state index in [0.29, 0.717) is 5.69 Å². The molecule has 3 aromatic rings. The number of benzene rings is 2. The Bertz CT molecular complexity index is 765. The van der Waals surface area contributed by atoms with Crippen LogP contribution in [0.4, 0.5) is 0 Å². The summed E-state index contributed by atoms with van der Waals surface area (Å²) >= 11 is 1.68. The molecule has 0 aliphatic carbocycles. The number of hydrogen-bond donors (Lipinski definition) is 1. The fraction of sp³-hybridized carbons (Fsp3) is 0.125. The zero-order valence-electron chi connectivity index (χ0n) is 11.5. The highest BCUT2D eigenvalue weighted by Crippen LogP contribution is 2.18. The number of nitrogens with one attached hydrogen (secondary N) is 1. The first kappa shape index (κ1) is 13.7. The summed E-state index contributed by atoms with van der Waals surface area (Å²) < 4.78 is 5.33. The highest BCUT2D eigenvalue weighted by molar-refractivity contribution is 7.98. The van der Waals surface area contributed by atoms with Crippen LogP contribution in [0.3, 0.4) is 0 Å². The topological polar surface area (TPSA) is 55.0 Å². The number of fused-ring (bicyclic) bond motifs is 1. The Morgan fingerprint density at radius 3 is 2.71 bits per heavy atom. The average molecular weight is 298 g/mol. The molecule has 0 fully saturated rings. The molecule has 5 heteroatoms. The summed E-state index contributed by atoms with van der Waals surface area (Å²) in [5.41, 5.74) is 2.11. The van der Waals surface area contributed by atoms with Crippen LogP contribution >= 0.6 is 11.8 Å². The van der Waals surface area contributed by atoms with Crippen molar-refractivity contribution in [3.05, 3.63) is 59.8 Å². The first-order valence-electron chi connectivity index (χ1n) is 6.51. The molecule has 0 atom stereocenters. The fourth-order valence-electron chi connectivity index (χ4n) is 2.06. The molecule has 3 rings (SSSR count). The van der Waals surface area contributed by atoms with Crippen LogP contribution in [0.15, 0.2) is 53.4 Å². The molecular formula is C16H14N2O2S. The van der Waals surface area contributed by atoms with Gasteiger partial charge in [0.1, 0.15) is 6.61 Å². The third kappa shape index (κ3) is 2.92. The standard InChI is InChI=1S/C16H14N2O2S/c1-21-12-8-6-11(7-9-12)10-20-16(19)15-13-4-2-3-5-14(13)17-18-15/h2-9H,10H2,1H3,(H,17,18). The molecule has 21 heavy (non-hydrogen) atoms. The smallest absolute Gasteiger partial charge is 0.359 e. The molecule has 1 N–H and O–H groups in total. The van der Waals surface area contributed by atoms with E-state index in [0.717, 1.165) is 16.5 Å². The zero-order valence-corrected chi connectivity index (χ0v) is 12.3. The molecular weight excluding hydrogens is 284 g/mol. The first-order valence-corrected chi connectivity index (χ1v) is 7.73. The van der Waals surface area contributed by atoms with Gasteiger partial charge in [-0.2, -0.15) is 5.10 Å². The van der Waals surface area contributed by atoms with Gasteiger partial charge in [0.2, 0.25) is 0 Å². The van der Waals surface area contributed by atoms with Crippen molar-refractivity contribution in [2.75, 3.05) is 6.26 Å². The number of para-hydroxylation sites is 1. The predicted molar refractivity (Wildman–Crippen MR) is 83.4 cm³/mol. The van der Waals surface area contributed by atoms with Crippen molar-refractivity contribution < 1.29 is 9.53 Å². The Balaban J connectivity index is 1.71. The largest absolute Gasteiger partial charge is 0.456 e. The maximum absolute atomic E-state index is 12.1. The first-order chi connectivity index (χ1) is 10.3. The Kier molecular flexibility index (Phi) is 3.92. The number of esters is 1. The highest BCUT2D eigenvalue weighted by Gasteiger charge is 2.15. The monoisotopic (exact) mass is 298 g/mol. The predicted octanol–water partition coefficient (Wildman–Crippen LogP) is 3.64. The average Bonchev–Trinajstić information content (AvgIpc) is 2.97. The third-order valence-electron chi connectivity index (χ3n) is 3.19. The van der Waals surface area contributed by atoms with Gasteiger partial charge in [0.05, 0.1) is 5.52 Å². The molecule has 0 saturated heterocycles. The minimum absolute atomic E-state index is 0.245. The van der Waals surface area contributed by atoms with E-state index in [4.69, 9.17) is 4.74 Å². The van der Waals surface area contributed by atoms with Crippen molar-refractivity contribution in [1.29, 1.82) is 0 Å². The molecule has 0 spiro atoms. The normalized spacial score (nSPS) is 10.7. The van der Waals surface area contributed by atoms with Gasteiger partial charge >= 0.3 is 5.97 Å². The van der Waals surface area contributed by atoms with Crippen molar-refractivity contribution in [2.24, 2.45) is 0 Å². The van der Waals surface area contributed by atoms with Crippen LogP contribution in [0, 0.1) is 0 Å². The molecule has 0 aliphatic rings. The van der Waals surface area contributed by atoms with E-state index in [1.165, 1.54) is 4.90 Å². The Morgan fingerprint density at radius 2 is 1.95 bits per heavy atom. The molecule has 0 amide bonds. The van der Waals surface area contributed by atoms with E-state index < -0.39 is 5.97 Å². The number of hydrogen-bond acceptors (Lipinski definition) is 4. The number of H-pyrrole nitrogens is 1. The molecule has 0 unspecified atom stereocenters. The van der Waals surface area contributed by atoms with Crippen molar-refractivity contribution >= 4 is 28.6 Å². The molecule has 4 nitrogen and oxygen atoms in total. The van der Waals surface area contributed by atoms with Crippen LogP contribution in [-0.2, 0) is 11.3 Å². The lowest BCUT2D eigenvalue weighted by Crippen LogP contribution is -2.06. The molecule has 2 aromatic carbocycles. The van der Waals surface area contributed by atoms with E-state index in [9.17, 15) is 4.79 Å². The van der Waals surface area contributed by atoms with Gasteiger partial charge in [-0.25, -0.2) is 4.79 Å². The lowest BCUT2D eigenvalue weighted by Gasteiger charge is -2.04. The second-order valence-electron chi connectivity index (χ2n) is 4.54. The van der Waals surface area contributed by atoms with Crippen LogP contribution in [0.5, 0.6) is 0 Å². The van der Waals surface area contributed by atoms with Gasteiger partial charge in [0.15, 0.2) is 5.69 Å². The number of aromatic amines is 1. The minimum Gasteiger partial charge on any atom is -0.456 e. The summed E-state index contributed by atoms with van der Waals surface area (Å²) in [6.07, 6.45) is 2.03. The van der Waals surface area contributed by atoms with E-state index >= 15 is 0 Å². The van der Waals surface area contributed by atoms with Gasteiger partial charge in [0, 0.05) is 10.3 Å². The summed E-state index contributed by atoms with van der Waals surface area (Å²) in [5, 5.41) is 7.64. The molecule has 1 aromatic heterocycles. The molecule has 1 heterocycles. The van der Waals surface area contributed by atoms with E-state index in [2.05, 4.69) is 10.2 Å². The lowest BCUT2D eigenvalue weighted by atomic mass is 10.2. The molecule has 0 saturated carbocycles. The number of carbonyl (C=O) groups is 1. The summed E-state index contributed by atoms with van der Waals surface area (Å²) in [6, 6.07) is 15.4. The van der Waals surface area contributed by atoms with Gasteiger partial charge in [-0.1, -0.05) is 30.3 Å².